The second kappa shape index (κ2) is 7.26. The maximum atomic E-state index is 13.0. The van der Waals surface area contributed by atoms with Gasteiger partial charge in [0.05, 0.1) is 19.3 Å². The van der Waals surface area contributed by atoms with Gasteiger partial charge in [-0.15, -0.1) is 0 Å². The molecule has 0 bridgehead atoms. The van der Waals surface area contributed by atoms with Crippen LogP contribution in [0, 0.1) is 0 Å². The van der Waals surface area contributed by atoms with Crippen LogP contribution in [0.15, 0.2) is 54.9 Å². The molecule has 1 amide bonds. The summed E-state index contributed by atoms with van der Waals surface area (Å²) in [5, 5.41) is 1.02. The first kappa shape index (κ1) is 18.3. The number of hydrogen-bond acceptors (Lipinski definition) is 5. The number of pyridine rings is 1. The van der Waals surface area contributed by atoms with Crippen molar-refractivity contribution in [2.75, 3.05) is 7.11 Å². The van der Waals surface area contributed by atoms with Crippen molar-refractivity contribution in [1.29, 1.82) is 0 Å². The minimum Gasteiger partial charge on any atom is -0.497 e. The molecule has 0 radical (unpaired) electrons. The monoisotopic (exact) mass is 399 g/mol. The number of carbonyl (C=O) groups excluding carboxylic acids is 1. The highest BCUT2D eigenvalue weighted by Crippen LogP contribution is 2.23. The summed E-state index contributed by atoms with van der Waals surface area (Å²) in [6, 6.07) is 13.6. The number of methoxy groups -OCH3 is 1. The zero-order valence-corrected chi connectivity index (χ0v) is 16.9. The lowest BCUT2D eigenvalue weighted by Crippen LogP contribution is -2.26. The van der Waals surface area contributed by atoms with Crippen molar-refractivity contribution in [3.8, 4) is 5.75 Å². The summed E-state index contributed by atoms with van der Waals surface area (Å²) in [5.74, 6) is 1.48. The van der Waals surface area contributed by atoms with Crippen LogP contribution in [0.3, 0.4) is 0 Å². The van der Waals surface area contributed by atoms with Crippen LogP contribution in [0.4, 0.5) is 0 Å². The molecule has 0 saturated heterocycles. The standard InChI is InChI=1S/C23H21N5O2/c1-27-10-9-16-5-8-19(26-22(16)27)23(29)28-13-17-12-24-21(25-20(17)14-28)11-15-3-6-18(30-2)7-4-15/h3-10,12H,11,13-14H2,1-2H3. The first-order valence-electron chi connectivity index (χ1n) is 9.78. The number of fused-ring (bicyclic) bond motifs is 2. The van der Waals surface area contributed by atoms with Crippen molar-refractivity contribution >= 4 is 16.9 Å². The second-order valence-electron chi connectivity index (χ2n) is 7.48. The molecule has 0 unspecified atom stereocenters. The quantitative estimate of drug-likeness (QED) is 0.527. The minimum absolute atomic E-state index is 0.0900. The van der Waals surface area contributed by atoms with Gasteiger partial charge < -0.3 is 14.2 Å². The third-order valence-corrected chi connectivity index (χ3v) is 5.45. The first-order chi connectivity index (χ1) is 14.6. The maximum absolute atomic E-state index is 13.0. The molecule has 4 heterocycles. The van der Waals surface area contributed by atoms with E-state index in [9.17, 15) is 4.79 Å². The van der Waals surface area contributed by atoms with E-state index in [2.05, 4.69) is 9.97 Å². The van der Waals surface area contributed by atoms with Crippen LogP contribution in [0.5, 0.6) is 5.75 Å². The van der Waals surface area contributed by atoms with E-state index >= 15 is 0 Å². The molecule has 4 aromatic rings. The molecule has 5 rings (SSSR count). The number of nitrogens with zero attached hydrogens (tertiary/aromatic N) is 5. The van der Waals surface area contributed by atoms with Crippen LogP contribution in [0.1, 0.15) is 33.1 Å². The van der Waals surface area contributed by atoms with E-state index in [4.69, 9.17) is 9.72 Å². The summed E-state index contributed by atoms with van der Waals surface area (Å²) in [6.45, 7) is 0.975. The average molecular weight is 399 g/mol. The third-order valence-electron chi connectivity index (χ3n) is 5.45. The van der Waals surface area contributed by atoms with Crippen molar-refractivity contribution in [1.82, 2.24) is 24.4 Å². The Morgan fingerprint density at radius 2 is 1.90 bits per heavy atom. The SMILES string of the molecule is COc1ccc(Cc2ncc3c(n2)CN(C(=O)c2ccc4ccn(C)c4n2)C3)cc1. The molecule has 1 aliphatic rings. The Morgan fingerprint density at radius 1 is 1.07 bits per heavy atom. The predicted octanol–water partition coefficient (Wildman–Crippen LogP) is 3.12. The van der Waals surface area contributed by atoms with Crippen LogP contribution >= 0.6 is 0 Å². The molecular weight excluding hydrogens is 378 g/mol. The molecule has 1 aliphatic heterocycles. The van der Waals surface area contributed by atoms with Gasteiger partial charge in [0.15, 0.2) is 0 Å². The summed E-state index contributed by atoms with van der Waals surface area (Å²) >= 11 is 0. The predicted molar refractivity (Wildman–Crippen MR) is 112 cm³/mol. The first-order valence-corrected chi connectivity index (χ1v) is 9.78. The van der Waals surface area contributed by atoms with Crippen molar-refractivity contribution < 1.29 is 9.53 Å². The fourth-order valence-electron chi connectivity index (χ4n) is 3.76. The Balaban J connectivity index is 1.33. The third kappa shape index (κ3) is 3.28. The largest absolute Gasteiger partial charge is 0.497 e. The topological polar surface area (TPSA) is 73.1 Å². The number of benzene rings is 1. The molecule has 7 heteroatoms. The van der Waals surface area contributed by atoms with Crippen LogP contribution in [0.25, 0.3) is 11.0 Å². The molecule has 0 atom stereocenters. The van der Waals surface area contributed by atoms with Gasteiger partial charge >= 0.3 is 0 Å². The fourth-order valence-corrected chi connectivity index (χ4v) is 3.76. The van der Waals surface area contributed by atoms with E-state index in [0.717, 1.165) is 39.4 Å². The van der Waals surface area contributed by atoms with Crippen molar-refractivity contribution in [3.63, 3.8) is 0 Å². The number of aromatic nitrogens is 4. The van der Waals surface area contributed by atoms with Gasteiger partial charge in [-0.1, -0.05) is 12.1 Å². The minimum atomic E-state index is -0.0900. The molecule has 3 aromatic heterocycles. The molecule has 0 N–H and O–H groups in total. The Kier molecular flexibility index (Phi) is 4.43. The van der Waals surface area contributed by atoms with Gasteiger partial charge in [-0.2, -0.15) is 0 Å². The van der Waals surface area contributed by atoms with E-state index in [0.29, 0.717) is 25.2 Å². The highest BCUT2D eigenvalue weighted by Gasteiger charge is 2.27. The second-order valence-corrected chi connectivity index (χ2v) is 7.48. The highest BCUT2D eigenvalue weighted by molar-refractivity contribution is 5.94. The summed E-state index contributed by atoms with van der Waals surface area (Å²) in [6.07, 6.45) is 4.41. The fraction of sp³-hybridized carbons (Fsp3) is 0.217. The van der Waals surface area contributed by atoms with Gasteiger partial charge in [0.1, 0.15) is 22.9 Å². The highest BCUT2D eigenvalue weighted by atomic mass is 16.5. The summed E-state index contributed by atoms with van der Waals surface area (Å²) in [5.41, 5.74) is 4.26. The molecule has 0 saturated carbocycles. The van der Waals surface area contributed by atoms with Crippen LogP contribution in [-0.2, 0) is 26.6 Å². The molecule has 1 aromatic carbocycles. The molecule has 0 aliphatic carbocycles. The van der Waals surface area contributed by atoms with Gasteiger partial charge in [-0.05, 0) is 35.9 Å². The van der Waals surface area contributed by atoms with Gasteiger partial charge in [-0.25, -0.2) is 15.0 Å². The molecule has 30 heavy (non-hydrogen) atoms. The summed E-state index contributed by atoms with van der Waals surface area (Å²) < 4.78 is 7.12. The number of amides is 1. The van der Waals surface area contributed by atoms with Crippen molar-refractivity contribution in [2.45, 2.75) is 19.5 Å². The molecule has 150 valence electrons. The Bertz CT molecular complexity index is 1250. The van der Waals surface area contributed by atoms with E-state index in [1.165, 1.54) is 0 Å². The molecule has 0 spiro atoms. The lowest BCUT2D eigenvalue weighted by atomic mass is 10.1. The van der Waals surface area contributed by atoms with Gasteiger partial charge in [0.25, 0.3) is 5.91 Å². The Hall–Kier alpha value is -3.74. The summed E-state index contributed by atoms with van der Waals surface area (Å²) in [4.78, 5) is 28.6. The maximum Gasteiger partial charge on any atom is 0.273 e. The molecule has 7 nitrogen and oxygen atoms in total. The van der Waals surface area contributed by atoms with E-state index in [-0.39, 0.29) is 5.91 Å². The van der Waals surface area contributed by atoms with E-state index in [1.54, 1.807) is 18.1 Å². The van der Waals surface area contributed by atoms with Crippen LogP contribution in [-0.4, -0.2) is 37.4 Å². The average Bonchev–Trinajstić information content (AvgIpc) is 3.37. The van der Waals surface area contributed by atoms with Gasteiger partial charge in [-0.3, -0.25) is 4.79 Å². The van der Waals surface area contributed by atoms with Crippen molar-refractivity contribution in [2.24, 2.45) is 7.05 Å². The Labute approximate surface area is 174 Å². The zero-order chi connectivity index (χ0) is 20.7. The normalized spacial score (nSPS) is 12.9. The van der Waals surface area contributed by atoms with Crippen LogP contribution < -0.4 is 4.74 Å². The number of aryl methyl sites for hydroxylation is 1. The smallest absolute Gasteiger partial charge is 0.273 e. The number of hydrogen-bond donors (Lipinski definition) is 0. The number of rotatable bonds is 4. The van der Waals surface area contributed by atoms with Crippen LogP contribution in [0.2, 0.25) is 0 Å². The number of ether oxygens (including phenoxy) is 1. The number of carbonyl (C=O) groups is 1. The van der Waals surface area contributed by atoms with Crippen molar-refractivity contribution in [3.05, 3.63) is 83.2 Å². The van der Waals surface area contributed by atoms with E-state index in [1.807, 2.05) is 60.4 Å². The lowest BCUT2D eigenvalue weighted by molar-refractivity contribution is 0.0745. The zero-order valence-electron chi connectivity index (χ0n) is 16.9. The van der Waals surface area contributed by atoms with E-state index < -0.39 is 0 Å². The lowest BCUT2D eigenvalue weighted by Gasteiger charge is -2.14. The molecule has 0 fully saturated rings. The van der Waals surface area contributed by atoms with Gasteiger partial charge in [0, 0.05) is 43.4 Å². The summed E-state index contributed by atoms with van der Waals surface area (Å²) in [7, 11) is 3.58. The molecular formula is C23H21N5O2. The Morgan fingerprint density at radius 3 is 2.70 bits per heavy atom. The van der Waals surface area contributed by atoms with Gasteiger partial charge in [0.2, 0.25) is 0 Å².